The summed E-state index contributed by atoms with van der Waals surface area (Å²) in [5.41, 5.74) is 4.41. The van der Waals surface area contributed by atoms with Crippen LogP contribution in [-0.4, -0.2) is 73.3 Å². The van der Waals surface area contributed by atoms with E-state index in [1.165, 1.54) is 17.2 Å². The van der Waals surface area contributed by atoms with Gasteiger partial charge in [-0.2, -0.15) is 4.68 Å². The number of cyclic esters (lactones) is 1. The molecule has 0 radical (unpaired) electrons. The van der Waals surface area contributed by atoms with Crippen molar-refractivity contribution in [3.8, 4) is 5.82 Å². The van der Waals surface area contributed by atoms with Crippen molar-refractivity contribution in [2.45, 2.75) is 31.5 Å². The molecule has 4 aromatic rings. The Balaban J connectivity index is 1.15. The van der Waals surface area contributed by atoms with Gasteiger partial charge in [0.2, 0.25) is 0 Å². The van der Waals surface area contributed by atoms with Gasteiger partial charge in [0.05, 0.1) is 17.2 Å². The Morgan fingerprint density at radius 2 is 2.02 bits per heavy atom. The van der Waals surface area contributed by atoms with Crippen LogP contribution in [0.4, 0.5) is 0 Å². The zero-order valence-corrected chi connectivity index (χ0v) is 22.0. The number of ether oxygens (including phenoxy) is 1. The first-order chi connectivity index (χ1) is 19.4. The molecular formula is C29H29N7O4. The standard InChI is InChI=1S/C29H29N7O4/c1-19-22(8-9-23-24(19)15-40-28(23)39)25(37)14-35-12-11-29(17-35,21-5-3-2-4-6-21)16-31-27(38)20-7-10-26(30-13-20)36-18-32-33-34-36/h2-10,13,18,25,37H,11-12,14-17H2,1H3,(H,31,38). The number of nitrogens with zero attached hydrogens (tertiary/aromatic N) is 6. The van der Waals surface area contributed by atoms with Gasteiger partial charge in [-0.05, 0) is 65.2 Å². The first-order valence-electron chi connectivity index (χ1n) is 13.2. The van der Waals surface area contributed by atoms with Crippen LogP contribution in [-0.2, 0) is 16.8 Å². The summed E-state index contributed by atoms with van der Waals surface area (Å²) < 4.78 is 6.59. The van der Waals surface area contributed by atoms with E-state index < -0.39 is 6.10 Å². The van der Waals surface area contributed by atoms with Gasteiger partial charge in [-0.25, -0.2) is 9.78 Å². The zero-order chi connectivity index (χ0) is 27.7. The minimum atomic E-state index is -0.716. The third-order valence-corrected chi connectivity index (χ3v) is 8.00. The summed E-state index contributed by atoms with van der Waals surface area (Å²) in [6, 6.07) is 17.1. The fourth-order valence-corrected chi connectivity index (χ4v) is 5.73. The van der Waals surface area contributed by atoms with Gasteiger partial charge in [-0.15, -0.1) is 5.10 Å². The number of aliphatic hydroxyl groups is 1. The normalized spacial score (nSPS) is 19.3. The predicted molar refractivity (Wildman–Crippen MR) is 144 cm³/mol. The van der Waals surface area contributed by atoms with Crippen molar-refractivity contribution in [1.82, 2.24) is 35.4 Å². The molecule has 0 spiro atoms. The molecule has 2 aromatic carbocycles. The molecule has 1 saturated heterocycles. The first kappa shape index (κ1) is 25.8. The maximum absolute atomic E-state index is 13.1. The lowest BCUT2D eigenvalue weighted by atomic mass is 9.79. The van der Waals surface area contributed by atoms with E-state index in [0.717, 1.165) is 35.2 Å². The lowest BCUT2D eigenvalue weighted by Gasteiger charge is -2.31. The zero-order valence-electron chi connectivity index (χ0n) is 22.0. The predicted octanol–water partition coefficient (Wildman–Crippen LogP) is 2.14. The molecule has 1 amide bonds. The molecule has 1 fully saturated rings. The molecule has 2 aliphatic rings. The third-order valence-electron chi connectivity index (χ3n) is 8.00. The maximum Gasteiger partial charge on any atom is 0.338 e. The average molecular weight is 540 g/mol. The number of carbonyl (C=O) groups is 2. The molecule has 6 rings (SSSR count). The second-order valence-electron chi connectivity index (χ2n) is 10.4. The molecule has 204 valence electrons. The van der Waals surface area contributed by atoms with Crippen LogP contribution in [0, 0.1) is 6.92 Å². The van der Waals surface area contributed by atoms with Crippen LogP contribution in [0.5, 0.6) is 0 Å². The fourth-order valence-electron chi connectivity index (χ4n) is 5.73. The highest BCUT2D eigenvalue weighted by molar-refractivity contribution is 5.94. The van der Waals surface area contributed by atoms with Gasteiger partial charge in [0.25, 0.3) is 5.91 Å². The minimum Gasteiger partial charge on any atom is -0.457 e. The SMILES string of the molecule is Cc1c(C(O)CN2CCC(CNC(=O)c3ccc(-n4cnnn4)nc3)(c3ccccc3)C2)ccc2c1COC2=O. The van der Waals surface area contributed by atoms with Crippen molar-refractivity contribution in [2.24, 2.45) is 0 Å². The van der Waals surface area contributed by atoms with Gasteiger partial charge in [-0.3, -0.25) is 9.69 Å². The molecule has 11 heteroatoms. The molecule has 40 heavy (non-hydrogen) atoms. The number of carbonyl (C=O) groups excluding carboxylic acids is 2. The van der Waals surface area contributed by atoms with Crippen LogP contribution >= 0.6 is 0 Å². The quantitative estimate of drug-likeness (QED) is 0.323. The Morgan fingerprint density at radius 1 is 1.18 bits per heavy atom. The number of hydrogen-bond acceptors (Lipinski definition) is 9. The number of nitrogens with one attached hydrogen (secondary N) is 1. The number of rotatable bonds is 8. The molecule has 2 N–H and O–H groups in total. The number of pyridine rings is 1. The van der Waals surface area contributed by atoms with E-state index >= 15 is 0 Å². The smallest absolute Gasteiger partial charge is 0.338 e. The number of aromatic nitrogens is 5. The number of esters is 1. The molecular weight excluding hydrogens is 510 g/mol. The topological polar surface area (TPSA) is 135 Å². The summed E-state index contributed by atoms with van der Waals surface area (Å²) in [6.45, 7) is 4.51. The van der Waals surface area contributed by atoms with Crippen LogP contribution in [0.2, 0.25) is 0 Å². The van der Waals surface area contributed by atoms with Crippen LogP contribution in [0.15, 0.2) is 67.1 Å². The van der Waals surface area contributed by atoms with Crippen LogP contribution in [0.1, 0.15) is 55.5 Å². The summed E-state index contributed by atoms with van der Waals surface area (Å²) in [5.74, 6) is -0.00673. The average Bonchev–Trinajstić information content (AvgIpc) is 3.74. The molecule has 2 aromatic heterocycles. The highest BCUT2D eigenvalue weighted by atomic mass is 16.5. The monoisotopic (exact) mass is 539 g/mol. The van der Waals surface area contributed by atoms with E-state index in [1.807, 2.05) is 31.2 Å². The van der Waals surface area contributed by atoms with E-state index in [4.69, 9.17) is 4.74 Å². The Bertz CT molecular complexity index is 1530. The van der Waals surface area contributed by atoms with Crippen molar-refractivity contribution >= 4 is 11.9 Å². The third kappa shape index (κ3) is 4.85. The number of likely N-dealkylation sites (tertiary alicyclic amines) is 1. The van der Waals surface area contributed by atoms with Crippen molar-refractivity contribution < 1.29 is 19.4 Å². The van der Waals surface area contributed by atoms with Gasteiger partial charge < -0.3 is 15.2 Å². The largest absolute Gasteiger partial charge is 0.457 e. The maximum atomic E-state index is 13.1. The number of aliphatic hydroxyl groups excluding tert-OH is 1. The molecule has 2 atom stereocenters. The van der Waals surface area contributed by atoms with Gasteiger partial charge in [0, 0.05) is 36.8 Å². The Labute approximate surface area is 230 Å². The summed E-state index contributed by atoms with van der Waals surface area (Å²) in [6.07, 6.45) is 3.06. The van der Waals surface area contributed by atoms with Crippen LogP contribution in [0.3, 0.4) is 0 Å². The summed E-state index contributed by atoms with van der Waals surface area (Å²) >= 11 is 0. The Hall–Kier alpha value is -4.48. The fraction of sp³-hybridized carbons (Fsp3) is 0.310. The van der Waals surface area contributed by atoms with Gasteiger partial charge >= 0.3 is 5.97 Å². The number of benzene rings is 2. The highest BCUT2D eigenvalue weighted by Gasteiger charge is 2.40. The second-order valence-corrected chi connectivity index (χ2v) is 10.4. The highest BCUT2D eigenvalue weighted by Crippen LogP contribution is 2.36. The van der Waals surface area contributed by atoms with Gasteiger partial charge in [-0.1, -0.05) is 36.4 Å². The number of hydrogen-bond donors (Lipinski definition) is 2. The summed E-state index contributed by atoms with van der Waals surface area (Å²) in [7, 11) is 0. The minimum absolute atomic E-state index is 0.213. The van der Waals surface area contributed by atoms with E-state index in [9.17, 15) is 14.7 Å². The van der Waals surface area contributed by atoms with Gasteiger partial charge in [0.15, 0.2) is 5.82 Å². The van der Waals surface area contributed by atoms with Crippen molar-refractivity contribution in [1.29, 1.82) is 0 Å². The number of tetrazole rings is 1. The van der Waals surface area contributed by atoms with Crippen LogP contribution < -0.4 is 5.32 Å². The van der Waals surface area contributed by atoms with E-state index in [1.54, 1.807) is 18.2 Å². The second kappa shape index (κ2) is 10.6. The first-order valence-corrected chi connectivity index (χ1v) is 13.2. The summed E-state index contributed by atoms with van der Waals surface area (Å²) in [5, 5.41) is 25.3. The summed E-state index contributed by atoms with van der Waals surface area (Å²) in [4.78, 5) is 31.5. The number of fused-ring (bicyclic) bond motifs is 1. The van der Waals surface area contributed by atoms with Crippen LogP contribution in [0.25, 0.3) is 5.82 Å². The Morgan fingerprint density at radius 3 is 2.77 bits per heavy atom. The van der Waals surface area contributed by atoms with Crippen molar-refractivity contribution in [3.05, 3.63) is 101 Å². The molecule has 2 unspecified atom stereocenters. The lowest BCUT2D eigenvalue weighted by molar-refractivity contribution is 0.0534. The molecule has 11 nitrogen and oxygen atoms in total. The van der Waals surface area contributed by atoms with E-state index in [-0.39, 0.29) is 23.9 Å². The molecule has 0 aliphatic carbocycles. The molecule has 0 bridgehead atoms. The Kier molecular flexibility index (Phi) is 6.82. The molecule has 4 heterocycles. The van der Waals surface area contributed by atoms with Crippen molar-refractivity contribution in [2.75, 3.05) is 26.2 Å². The van der Waals surface area contributed by atoms with E-state index in [2.05, 4.69) is 42.9 Å². The number of amides is 1. The lowest BCUT2D eigenvalue weighted by Crippen LogP contribution is -2.43. The molecule has 0 saturated carbocycles. The number of β-amino-alcohol motifs (C(OH)–C–C–N with tert-alkyl or cyclic N) is 1. The van der Waals surface area contributed by atoms with E-state index in [0.29, 0.717) is 36.6 Å². The molecule has 2 aliphatic heterocycles. The van der Waals surface area contributed by atoms with Crippen molar-refractivity contribution in [3.63, 3.8) is 0 Å². The van der Waals surface area contributed by atoms with Gasteiger partial charge in [0.1, 0.15) is 12.9 Å².